The molecule has 0 radical (unpaired) electrons. The Bertz CT molecular complexity index is 941. The van der Waals surface area contributed by atoms with E-state index in [2.05, 4.69) is 32.7 Å². The van der Waals surface area contributed by atoms with E-state index in [0.717, 1.165) is 56.6 Å². The summed E-state index contributed by atoms with van der Waals surface area (Å²) in [5.74, 6) is 1.02. The fourth-order valence-electron chi connectivity index (χ4n) is 4.34. The van der Waals surface area contributed by atoms with Crippen LogP contribution in [0, 0.1) is 18.8 Å². The second-order valence-corrected chi connectivity index (χ2v) is 8.64. The van der Waals surface area contributed by atoms with Gasteiger partial charge in [0, 0.05) is 36.1 Å². The van der Waals surface area contributed by atoms with Crippen LogP contribution >= 0.6 is 0 Å². The van der Waals surface area contributed by atoms with Crippen molar-refractivity contribution >= 4 is 17.7 Å². The zero-order valence-electron chi connectivity index (χ0n) is 17.8. The molecule has 1 aliphatic carbocycles. The molecule has 0 unspecified atom stereocenters. The maximum absolute atomic E-state index is 12.7. The smallest absolute Gasteiger partial charge is 0.305 e. The van der Waals surface area contributed by atoms with Crippen LogP contribution in [0.5, 0.6) is 0 Å². The van der Waals surface area contributed by atoms with Crippen LogP contribution in [-0.4, -0.2) is 38.5 Å². The van der Waals surface area contributed by atoms with Crippen LogP contribution < -0.4 is 10.6 Å². The summed E-state index contributed by atoms with van der Waals surface area (Å²) < 4.78 is 0. The van der Waals surface area contributed by atoms with E-state index >= 15 is 0 Å². The number of aliphatic carboxylic acids is 1. The number of carboxylic acids is 1. The van der Waals surface area contributed by atoms with E-state index in [0.29, 0.717) is 17.3 Å². The summed E-state index contributed by atoms with van der Waals surface area (Å²) in [4.78, 5) is 36.9. The number of nitrogens with one attached hydrogen (secondary N) is 2. The lowest BCUT2D eigenvalue weighted by molar-refractivity contribution is -0.138. The van der Waals surface area contributed by atoms with Crippen molar-refractivity contribution in [2.75, 3.05) is 11.9 Å². The zero-order valence-corrected chi connectivity index (χ0v) is 17.8. The highest BCUT2D eigenvalue weighted by Crippen LogP contribution is 2.37. The maximum Gasteiger partial charge on any atom is 0.305 e. The average Bonchev–Trinajstić information content (AvgIpc) is 2.72. The number of rotatable bonds is 8. The van der Waals surface area contributed by atoms with Gasteiger partial charge in [-0.3, -0.25) is 9.59 Å². The molecule has 1 atom stereocenters. The summed E-state index contributed by atoms with van der Waals surface area (Å²) in [5, 5.41) is 15.5. The summed E-state index contributed by atoms with van der Waals surface area (Å²) >= 11 is 0. The minimum atomic E-state index is -0.968. The van der Waals surface area contributed by atoms with E-state index in [1.165, 1.54) is 5.56 Å². The summed E-state index contributed by atoms with van der Waals surface area (Å²) in [6.45, 7) is 2.75. The number of carbonyl (C=O) groups excluding carboxylic acids is 1. The first-order valence-corrected chi connectivity index (χ1v) is 11.0. The van der Waals surface area contributed by atoms with Crippen LogP contribution in [0.25, 0.3) is 0 Å². The Balaban J connectivity index is 1.26. The normalized spacial score (nSPS) is 20.7. The lowest BCUT2D eigenvalue weighted by atomic mass is 9.72. The van der Waals surface area contributed by atoms with Gasteiger partial charge in [-0.2, -0.15) is 0 Å². The fraction of sp³-hybridized carbons (Fsp3) is 0.522. The molecule has 164 valence electrons. The van der Waals surface area contributed by atoms with Gasteiger partial charge >= 0.3 is 5.97 Å². The van der Waals surface area contributed by atoms with Crippen molar-refractivity contribution in [2.24, 2.45) is 11.8 Å². The number of hydrogen-bond donors (Lipinski definition) is 3. The van der Waals surface area contributed by atoms with Gasteiger partial charge in [-0.15, -0.1) is 0 Å². The minimum Gasteiger partial charge on any atom is -0.481 e. The Labute approximate surface area is 181 Å². The van der Waals surface area contributed by atoms with Crippen LogP contribution in [0.3, 0.4) is 0 Å². The van der Waals surface area contributed by atoms with Crippen LogP contribution in [0.15, 0.2) is 24.5 Å². The number of carbonyl (C=O) groups is 2. The molecule has 4 rings (SSSR count). The van der Waals surface area contributed by atoms with Crippen molar-refractivity contribution in [1.82, 2.24) is 20.3 Å². The lowest BCUT2D eigenvalue weighted by Crippen LogP contribution is -2.41. The largest absolute Gasteiger partial charge is 0.481 e. The van der Waals surface area contributed by atoms with Gasteiger partial charge in [0.2, 0.25) is 5.91 Å². The standard InChI is InChI=1S/C23H29N5O3/c1-14-25-12-18(13-26-14)20(11-21(29)30)28-23(31)17-9-15(10-17)4-6-19-7-5-16-3-2-8-24-22(16)27-19/h5,7,12-13,15,17,20H,2-4,6,8-11H2,1H3,(H,24,27)(H,28,31)(H,29,30)/t15-,17-,20-/m0/s1. The Morgan fingerprint density at radius 3 is 2.77 bits per heavy atom. The monoisotopic (exact) mass is 423 g/mol. The maximum atomic E-state index is 12.7. The number of aromatic nitrogens is 3. The molecule has 2 aromatic heterocycles. The molecule has 1 amide bonds. The minimum absolute atomic E-state index is 0.0641. The number of amides is 1. The second-order valence-electron chi connectivity index (χ2n) is 8.64. The van der Waals surface area contributed by atoms with Crippen LogP contribution in [0.2, 0.25) is 0 Å². The van der Waals surface area contributed by atoms with E-state index < -0.39 is 12.0 Å². The number of pyridine rings is 1. The van der Waals surface area contributed by atoms with Crippen LogP contribution in [-0.2, 0) is 22.4 Å². The second kappa shape index (κ2) is 9.41. The molecule has 8 nitrogen and oxygen atoms in total. The van der Waals surface area contributed by atoms with Crippen LogP contribution in [0.1, 0.15) is 60.8 Å². The number of carboxylic acid groups (broad SMARTS) is 1. The molecule has 0 aromatic carbocycles. The van der Waals surface area contributed by atoms with Crippen molar-refractivity contribution in [1.29, 1.82) is 0 Å². The molecule has 8 heteroatoms. The van der Waals surface area contributed by atoms with Crippen molar-refractivity contribution in [2.45, 2.75) is 57.9 Å². The first-order valence-electron chi connectivity index (χ1n) is 11.0. The van der Waals surface area contributed by atoms with Crippen LogP contribution in [0.4, 0.5) is 5.82 Å². The van der Waals surface area contributed by atoms with E-state index in [9.17, 15) is 14.7 Å². The van der Waals surface area contributed by atoms with E-state index in [1.54, 1.807) is 19.3 Å². The first-order chi connectivity index (χ1) is 15.0. The average molecular weight is 424 g/mol. The number of anilines is 1. The molecule has 2 aliphatic rings. The predicted molar refractivity (Wildman–Crippen MR) is 115 cm³/mol. The Hall–Kier alpha value is -3.03. The Morgan fingerprint density at radius 1 is 1.26 bits per heavy atom. The van der Waals surface area contributed by atoms with Gasteiger partial charge in [0.1, 0.15) is 11.6 Å². The number of aryl methyl sites for hydroxylation is 3. The van der Waals surface area contributed by atoms with Gasteiger partial charge in [0.25, 0.3) is 0 Å². The molecule has 2 aromatic rings. The predicted octanol–water partition coefficient (Wildman–Crippen LogP) is 2.83. The molecule has 3 N–H and O–H groups in total. The first kappa shape index (κ1) is 21.2. The quantitative estimate of drug-likeness (QED) is 0.598. The molecule has 3 heterocycles. The molecule has 31 heavy (non-hydrogen) atoms. The van der Waals surface area contributed by atoms with Gasteiger partial charge in [-0.1, -0.05) is 6.07 Å². The third-order valence-electron chi connectivity index (χ3n) is 6.27. The molecular weight excluding hydrogens is 394 g/mol. The summed E-state index contributed by atoms with van der Waals surface area (Å²) in [5.41, 5.74) is 3.01. The van der Waals surface area contributed by atoms with Crippen molar-refractivity contribution in [3.63, 3.8) is 0 Å². The summed E-state index contributed by atoms with van der Waals surface area (Å²) in [6, 6.07) is 3.68. The highest BCUT2D eigenvalue weighted by atomic mass is 16.4. The van der Waals surface area contributed by atoms with Crippen molar-refractivity contribution < 1.29 is 14.7 Å². The van der Waals surface area contributed by atoms with Gasteiger partial charge in [-0.05, 0) is 63.0 Å². The topological polar surface area (TPSA) is 117 Å². The number of nitrogens with zero attached hydrogens (tertiary/aromatic N) is 3. The fourth-order valence-corrected chi connectivity index (χ4v) is 4.34. The highest BCUT2D eigenvalue weighted by molar-refractivity contribution is 5.80. The number of hydrogen-bond acceptors (Lipinski definition) is 6. The van der Waals surface area contributed by atoms with E-state index in [1.807, 2.05) is 0 Å². The van der Waals surface area contributed by atoms with Gasteiger partial charge in [-0.25, -0.2) is 15.0 Å². The molecule has 1 aliphatic heterocycles. The Kier molecular flexibility index (Phi) is 6.44. The van der Waals surface area contributed by atoms with E-state index in [-0.39, 0.29) is 18.2 Å². The lowest BCUT2D eigenvalue weighted by Gasteiger charge is -2.35. The number of fused-ring (bicyclic) bond motifs is 1. The molecule has 1 fully saturated rings. The summed E-state index contributed by atoms with van der Waals surface area (Å²) in [7, 11) is 0. The van der Waals surface area contributed by atoms with Gasteiger partial charge < -0.3 is 15.7 Å². The van der Waals surface area contributed by atoms with Crippen molar-refractivity contribution in [3.05, 3.63) is 47.2 Å². The van der Waals surface area contributed by atoms with Gasteiger partial charge in [0.05, 0.1) is 12.5 Å². The third kappa shape index (κ3) is 5.37. The molecule has 1 saturated carbocycles. The highest BCUT2D eigenvalue weighted by Gasteiger charge is 2.35. The van der Waals surface area contributed by atoms with Gasteiger partial charge in [0.15, 0.2) is 0 Å². The van der Waals surface area contributed by atoms with Crippen molar-refractivity contribution in [3.8, 4) is 0 Å². The van der Waals surface area contributed by atoms with E-state index in [4.69, 9.17) is 4.98 Å². The molecular formula is C23H29N5O3. The summed E-state index contributed by atoms with van der Waals surface area (Å²) in [6.07, 6.45) is 8.82. The SMILES string of the molecule is Cc1ncc([C@H](CC(=O)O)NC(=O)[C@H]2C[C@H](CCc3ccc4c(n3)NCCC4)C2)cn1. The molecule has 0 spiro atoms. The third-order valence-corrected chi connectivity index (χ3v) is 6.27. The molecule has 0 bridgehead atoms. The Morgan fingerprint density at radius 2 is 2.03 bits per heavy atom. The zero-order chi connectivity index (χ0) is 21.8. The molecule has 0 saturated heterocycles.